The first kappa shape index (κ1) is 15.8. The molecule has 0 radical (unpaired) electrons. The fourth-order valence-electron chi connectivity index (χ4n) is 2.33. The molecule has 2 aromatic rings. The van der Waals surface area contributed by atoms with Crippen molar-refractivity contribution in [3.05, 3.63) is 36.0 Å². The number of hydrogen-bond donors (Lipinski definition) is 1. The highest BCUT2D eigenvalue weighted by molar-refractivity contribution is 5.87. The second-order valence-corrected chi connectivity index (χ2v) is 5.80. The summed E-state index contributed by atoms with van der Waals surface area (Å²) in [6.07, 6.45) is 2.26. The molecule has 2 rings (SSSR count). The predicted molar refractivity (Wildman–Crippen MR) is 88.7 cm³/mol. The molecule has 0 bridgehead atoms. The van der Waals surface area contributed by atoms with Crippen LogP contribution in [0.3, 0.4) is 0 Å². The highest BCUT2D eigenvalue weighted by Crippen LogP contribution is 2.24. The van der Waals surface area contributed by atoms with E-state index >= 15 is 0 Å². The topological polar surface area (TPSA) is 34.1 Å². The van der Waals surface area contributed by atoms with E-state index in [1.165, 1.54) is 11.8 Å². The van der Waals surface area contributed by atoms with Crippen LogP contribution in [0.5, 0.6) is 5.88 Å². The predicted octanol–water partition coefficient (Wildman–Crippen LogP) is 4.16. The average Bonchev–Trinajstić information content (AvgIpc) is 2.49. The van der Waals surface area contributed by atoms with Crippen molar-refractivity contribution in [2.45, 2.75) is 40.2 Å². The van der Waals surface area contributed by atoms with E-state index in [0.717, 1.165) is 49.0 Å². The van der Waals surface area contributed by atoms with Gasteiger partial charge in [-0.3, -0.25) is 0 Å². The third-order valence-electron chi connectivity index (χ3n) is 3.48. The quantitative estimate of drug-likeness (QED) is 0.740. The highest BCUT2D eigenvalue weighted by Gasteiger charge is 2.07. The number of nitrogens with one attached hydrogen (secondary N) is 1. The summed E-state index contributed by atoms with van der Waals surface area (Å²) in [6.45, 7) is 9.04. The monoisotopic (exact) mass is 286 g/mol. The first-order valence-electron chi connectivity index (χ1n) is 7.93. The Kier molecular flexibility index (Phi) is 6.00. The van der Waals surface area contributed by atoms with Gasteiger partial charge in [-0.1, -0.05) is 39.0 Å². The molecular formula is C18H26N2O. The van der Waals surface area contributed by atoms with Gasteiger partial charge in [0, 0.05) is 11.9 Å². The lowest BCUT2D eigenvalue weighted by Crippen LogP contribution is -2.13. The molecule has 21 heavy (non-hydrogen) atoms. The minimum Gasteiger partial charge on any atom is -0.477 e. The molecule has 1 N–H and O–H groups in total. The van der Waals surface area contributed by atoms with E-state index in [1.54, 1.807) is 0 Å². The molecule has 1 aromatic carbocycles. The number of ether oxygens (including phenoxy) is 1. The molecular weight excluding hydrogens is 260 g/mol. The maximum absolute atomic E-state index is 5.95. The Bertz CT molecular complexity index is 566. The van der Waals surface area contributed by atoms with Gasteiger partial charge in [0.15, 0.2) is 0 Å². The maximum atomic E-state index is 5.95. The van der Waals surface area contributed by atoms with E-state index in [1.807, 2.05) is 6.07 Å². The van der Waals surface area contributed by atoms with Crippen LogP contribution in [0.15, 0.2) is 30.3 Å². The minimum absolute atomic E-state index is 0.721. The largest absolute Gasteiger partial charge is 0.477 e. The Balaban J connectivity index is 2.14. The van der Waals surface area contributed by atoms with Gasteiger partial charge in [-0.2, -0.15) is 0 Å². The molecule has 0 saturated carbocycles. The van der Waals surface area contributed by atoms with Crippen molar-refractivity contribution in [2.24, 2.45) is 5.92 Å². The molecule has 0 aliphatic rings. The normalized spacial score (nSPS) is 11.2. The van der Waals surface area contributed by atoms with Gasteiger partial charge in [0.1, 0.15) is 0 Å². The van der Waals surface area contributed by atoms with Gasteiger partial charge in [0.05, 0.1) is 12.3 Å². The third-order valence-corrected chi connectivity index (χ3v) is 3.48. The lowest BCUT2D eigenvalue weighted by atomic mass is 10.1. The van der Waals surface area contributed by atoms with Crippen LogP contribution >= 0.6 is 0 Å². The summed E-state index contributed by atoms with van der Waals surface area (Å²) in [5, 5.41) is 5.61. The molecule has 0 spiro atoms. The second kappa shape index (κ2) is 7.99. The zero-order valence-electron chi connectivity index (χ0n) is 13.4. The van der Waals surface area contributed by atoms with Crippen LogP contribution in [0, 0.1) is 5.92 Å². The summed E-state index contributed by atoms with van der Waals surface area (Å²) in [5.74, 6) is 1.49. The fraction of sp³-hybridized carbons (Fsp3) is 0.500. The van der Waals surface area contributed by atoms with Crippen molar-refractivity contribution in [3.63, 3.8) is 0 Å². The molecule has 0 atom stereocenters. The molecule has 1 aromatic heterocycles. The molecule has 114 valence electrons. The van der Waals surface area contributed by atoms with Gasteiger partial charge in [-0.15, -0.1) is 0 Å². The van der Waals surface area contributed by atoms with E-state index in [0.29, 0.717) is 0 Å². The van der Waals surface area contributed by atoms with Gasteiger partial charge in [0.2, 0.25) is 5.88 Å². The van der Waals surface area contributed by atoms with E-state index < -0.39 is 0 Å². The van der Waals surface area contributed by atoms with E-state index in [9.17, 15) is 0 Å². The molecule has 0 fully saturated rings. The fourth-order valence-corrected chi connectivity index (χ4v) is 2.33. The smallest absolute Gasteiger partial charge is 0.221 e. The molecule has 0 aliphatic carbocycles. The van der Waals surface area contributed by atoms with E-state index in [4.69, 9.17) is 4.74 Å². The molecule has 0 aliphatic heterocycles. The molecule has 0 unspecified atom stereocenters. The third kappa shape index (κ3) is 4.71. The number of pyridine rings is 1. The average molecular weight is 286 g/mol. The Labute approximate surface area is 127 Å². The zero-order valence-corrected chi connectivity index (χ0v) is 13.4. The van der Waals surface area contributed by atoms with Gasteiger partial charge in [-0.25, -0.2) is 4.98 Å². The number of hydrogen-bond acceptors (Lipinski definition) is 3. The van der Waals surface area contributed by atoms with Gasteiger partial charge in [-0.05, 0) is 42.8 Å². The Morgan fingerprint density at radius 1 is 1.24 bits per heavy atom. The number of rotatable bonds is 8. The van der Waals surface area contributed by atoms with Crippen LogP contribution in [-0.2, 0) is 6.54 Å². The molecule has 3 heteroatoms. The Morgan fingerprint density at radius 3 is 2.81 bits per heavy atom. The number of nitrogens with zero attached hydrogens (tertiary/aromatic N) is 1. The number of fused-ring (bicyclic) bond motifs is 1. The van der Waals surface area contributed by atoms with Crippen molar-refractivity contribution in [2.75, 3.05) is 13.2 Å². The summed E-state index contributed by atoms with van der Waals surface area (Å²) in [5.41, 5.74) is 1.04. The van der Waals surface area contributed by atoms with Crippen molar-refractivity contribution in [1.82, 2.24) is 10.3 Å². The minimum atomic E-state index is 0.721. The molecule has 3 nitrogen and oxygen atoms in total. The van der Waals surface area contributed by atoms with Crippen LogP contribution < -0.4 is 10.1 Å². The van der Waals surface area contributed by atoms with Crippen LogP contribution in [0.25, 0.3) is 10.8 Å². The highest BCUT2D eigenvalue weighted by atomic mass is 16.5. The lowest BCUT2D eigenvalue weighted by Gasteiger charge is -2.12. The Morgan fingerprint density at radius 2 is 2.05 bits per heavy atom. The van der Waals surface area contributed by atoms with E-state index in [2.05, 4.69) is 55.3 Å². The van der Waals surface area contributed by atoms with Crippen LogP contribution in [0.1, 0.15) is 39.3 Å². The first-order valence-corrected chi connectivity index (χ1v) is 7.93. The van der Waals surface area contributed by atoms with Gasteiger partial charge < -0.3 is 10.1 Å². The lowest BCUT2D eigenvalue weighted by molar-refractivity contribution is 0.290. The standard InChI is InChI=1S/C18H26N2O/c1-4-19-13-16-12-15-9-5-6-10-17(15)18(20-16)21-11-7-8-14(2)3/h5-6,9-10,12,14,19H,4,7-8,11,13H2,1-3H3. The maximum Gasteiger partial charge on any atom is 0.221 e. The summed E-state index contributed by atoms with van der Waals surface area (Å²) in [7, 11) is 0. The van der Waals surface area contributed by atoms with Crippen molar-refractivity contribution in [1.29, 1.82) is 0 Å². The first-order chi connectivity index (χ1) is 10.2. The molecule has 1 heterocycles. The molecule has 0 amide bonds. The number of aromatic nitrogens is 1. The van der Waals surface area contributed by atoms with Gasteiger partial charge in [0.25, 0.3) is 0 Å². The van der Waals surface area contributed by atoms with Gasteiger partial charge >= 0.3 is 0 Å². The molecule has 0 saturated heterocycles. The summed E-state index contributed by atoms with van der Waals surface area (Å²) < 4.78 is 5.95. The summed E-state index contributed by atoms with van der Waals surface area (Å²) in [6, 6.07) is 10.4. The Hall–Kier alpha value is -1.61. The zero-order chi connectivity index (χ0) is 15.1. The van der Waals surface area contributed by atoms with E-state index in [-0.39, 0.29) is 0 Å². The van der Waals surface area contributed by atoms with Crippen molar-refractivity contribution in [3.8, 4) is 5.88 Å². The summed E-state index contributed by atoms with van der Waals surface area (Å²) >= 11 is 0. The number of benzene rings is 1. The van der Waals surface area contributed by atoms with Crippen LogP contribution in [-0.4, -0.2) is 18.1 Å². The van der Waals surface area contributed by atoms with Crippen LogP contribution in [0.4, 0.5) is 0 Å². The summed E-state index contributed by atoms with van der Waals surface area (Å²) in [4.78, 5) is 4.67. The SMILES string of the molecule is CCNCc1cc2ccccc2c(OCCCC(C)C)n1. The second-order valence-electron chi connectivity index (χ2n) is 5.80. The van der Waals surface area contributed by atoms with Crippen molar-refractivity contribution >= 4 is 10.8 Å². The van der Waals surface area contributed by atoms with Crippen LogP contribution in [0.2, 0.25) is 0 Å². The van der Waals surface area contributed by atoms with Crippen molar-refractivity contribution < 1.29 is 4.74 Å².